The van der Waals surface area contributed by atoms with Gasteiger partial charge in [-0.2, -0.15) is 0 Å². The fourth-order valence-electron chi connectivity index (χ4n) is 5.11. The third-order valence-electron chi connectivity index (χ3n) is 7.10. The Bertz CT molecular complexity index is 1480. The van der Waals surface area contributed by atoms with Crippen molar-refractivity contribution < 1.29 is 14.6 Å². The zero-order chi connectivity index (χ0) is 28.3. The number of fused-ring (bicyclic) bond motifs is 1. The molecule has 4 aromatic rings. The summed E-state index contributed by atoms with van der Waals surface area (Å²) >= 11 is 6.39. The summed E-state index contributed by atoms with van der Waals surface area (Å²) in [7, 11) is 0. The molecule has 1 aliphatic heterocycles. The quantitative estimate of drug-likeness (QED) is 0.253. The van der Waals surface area contributed by atoms with Crippen molar-refractivity contribution in [2.45, 2.75) is 52.0 Å². The number of carbonyl (C=O) groups is 1. The van der Waals surface area contributed by atoms with E-state index in [1.807, 2.05) is 75.4 Å². The number of hydrogen-bond donors (Lipinski definition) is 2. The lowest BCUT2D eigenvalue weighted by molar-refractivity contribution is 0.0223. The van der Waals surface area contributed by atoms with Gasteiger partial charge in [-0.05, 0) is 78.8 Å². The molecule has 6 heteroatoms. The first-order valence-corrected chi connectivity index (χ1v) is 14.0. The van der Waals surface area contributed by atoms with Gasteiger partial charge in [0.2, 0.25) is 0 Å². The van der Waals surface area contributed by atoms with E-state index in [-0.39, 0.29) is 6.09 Å². The highest BCUT2D eigenvalue weighted by molar-refractivity contribution is 6.30. The summed E-state index contributed by atoms with van der Waals surface area (Å²) in [5.41, 5.74) is 7.41. The van der Waals surface area contributed by atoms with E-state index in [1.165, 1.54) is 11.1 Å². The SMILES string of the molecule is CC(C)(C)OC(=O)N1CCc2c(cccc2C(O)c2cc(Cl)ccc2NCc2ccc(-c3ccccc3)cc2)C1. The molecule has 2 N–H and O–H groups in total. The number of rotatable bonds is 6. The van der Waals surface area contributed by atoms with Crippen LogP contribution in [0.3, 0.4) is 0 Å². The molecule has 0 aliphatic carbocycles. The van der Waals surface area contributed by atoms with Gasteiger partial charge >= 0.3 is 6.09 Å². The molecule has 4 aromatic carbocycles. The van der Waals surface area contributed by atoms with Gasteiger partial charge in [-0.3, -0.25) is 0 Å². The molecule has 5 nitrogen and oxygen atoms in total. The van der Waals surface area contributed by atoms with Crippen LogP contribution in [0.1, 0.15) is 54.7 Å². The molecule has 1 amide bonds. The van der Waals surface area contributed by atoms with Crippen LogP contribution in [0.4, 0.5) is 10.5 Å². The van der Waals surface area contributed by atoms with Crippen molar-refractivity contribution in [1.29, 1.82) is 0 Å². The number of amides is 1. The van der Waals surface area contributed by atoms with Crippen LogP contribution in [0.5, 0.6) is 0 Å². The first kappa shape index (κ1) is 27.8. The molecule has 5 rings (SSSR count). The lowest BCUT2D eigenvalue weighted by atomic mass is 9.89. The topological polar surface area (TPSA) is 61.8 Å². The second-order valence-electron chi connectivity index (χ2n) is 11.2. The van der Waals surface area contributed by atoms with Gasteiger partial charge in [0, 0.05) is 35.9 Å². The van der Waals surface area contributed by atoms with Gasteiger partial charge in [0.1, 0.15) is 11.7 Å². The van der Waals surface area contributed by atoms with Crippen molar-refractivity contribution in [3.05, 3.63) is 124 Å². The number of benzene rings is 4. The Morgan fingerprint density at radius 2 is 1.68 bits per heavy atom. The number of aliphatic hydroxyl groups is 1. The van der Waals surface area contributed by atoms with E-state index in [0.717, 1.165) is 33.5 Å². The number of halogens is 1. The van der Waals surface area contributed by atoms with Gasteiger partial charge in [-0.15, -0.1) is 0 Å². The van der Waals surface area contributed by atoms with E-state index >= 15 is 0 Å². The highest BCUT2D eigenvalue weighted by Crippen LogP contribution is 2.35. The minimum atomic E-state index is -0.871. The molecular formula is C34H35ClN2O3. The molecule has 0 radical (unpaired) electrons. The number of hydrogen-bond acceptors (Lipinski definition) is 4. The molecular weight excluding hydrogens is 520 g/mol. The van der Waals surface area contributed by atoms with Crippen molar-refractivity contribution in [2.24, 2.45) is 0 Å². The molecule has 0 bridgehead atoms. The highest BCUT2D eigenvalue weighted by Gasteiger charge is 2.28. The predicted molar refractivity (Wildman–Crippen MR) is 162 cm³/mol. The second-order valence-corrected chi connectivity index (χ2v) is 11.6. The first-order chi connectivity index (χ1) is 19.2. The number of anilines is 1. The van der Waals surface area contributed by atoms with Crippen molar-refractivity contribution in [3.8, 4) is 11.1 Å². The Hall–Kier alpha value is -3.80. The van der Waals surface area contributed by atoms with E-state index in [9.17, 15) is 9.90 Å². The lowest BCUT2D eigenvalue weighted by Crippen LogP contribution is -2.40. The minimum absolute atomic E-state index is 0.317. The van der Waals surface area contributed by atoms with Crippen molar-refractivity contribution >= 4 is 23.4 Å². The molecule has 206 valence electrons. The highest BCUT2D eigenvalue weighted by atomic mass is 35.5. The Balaban J connectivity index is 1.33. The molecule has 0 spiro atoms. The molecule has 1 aliphatic rings. The Morgan fingerprint density at radius 3 is 2.40 bits per heavy atom. The number of carbonyl (C=O) groups excluding carboxylic acids is 1. The van der Waals surface area contributed by atoms with Gasteiger partial charge in [-0.1, -0.05) is 84.4 Å². The fraction of sp³-hybridized carbons (Fsp3) is 0.265. The van der Waals surface area contributed by atoms with Gasteiger partial charge < -0.3 is 20.1 Å². The maximum atomic E-state index is 12.7. The smallest absolute Gasteiger partial charge is 0.410 e. The largest absolute Gasteiger partial charge is 0.444 e. The van der Waals surface area contributed by atoms with Gasteiger partial charge in [0.05, 0.1) is 0 Å². The van der Waals surface area contributed by atoms with E-state index in [4.69, 9.17) is 16.3 Å². The van der Waals surface area contributed by atoms with Crippen LogP contribution in [-0.2, 0) is 24.2 Å². The van der Waals surface area contributed by atoms with Crippen LogP contribution in [0, 0.1) is 0 Å². The minimum Gasteiger partial charge on any atom is -0.444 e. The predicted octanol–water partition coefficient (Wildman–Crippen LogP) is 7.99. The van der Waals surface area contributed by atoms with Gasteiger partial charge in [0.25, 0.3) is 0 Å². The standard InChI is InChI=1S/C34H35ClN2O3/c1-34(2,3)40-33(39)37-19-18-28-26(22-37)10-7-11-29(28)32(38)30-20-27(35)16-17-31(30)36-21-23-12-14-25(15-13-23)24-8-5-4-6-9-24/h4-17,20,32,36,38H,18-19,21-22H2,1-3H3. The number of nitrogens with zero attached hydrogens (tertiary/aromatic N) is 1. The Labute approximate surface area is 241 Å². The molecule has 1 atom stereocenters. The zero-order valence-electron chi connectivity index (χ0n) is 23.2. The van der Waals surface area contributed by atoms with Crippen LogP contribution < -0.4 is 5.32 Å². The van der Waals surface area contributed by atoms with Crippen molar-refractivity contribution in [1.82, 2.24) is 4.90 Å². The van der Waals surface area contributed by atoms with Crippen LogP contribution in [0.15, 0.2) is 91.0 Å². The second kappa shape index (κ2) is 11.7. The zero-order valence-corrected chi connectivity index (χ0v) is 23.9. The molecule has 0 saturated heterocycles. The van der Waals surface area contributed by atoms with Crippen LogP contribution >= 0.6 is 11.6 Å². The molecule has 1 heterocycles. The lowest BCUT2D eigenvalue weighted by Gasteiger charge is -2.32. The van der Waals surface area contributed by atoms with Gasteiger partial charge in [-0.25, -0.2) is 4.79 Å². The third kappa shape index (κ3) is 6.49. The summed E-state index contributed by atoms with van der Waals surface area (Å²) in [6, 6.07) is 30.3. The average molecular weight is 555 g/mol. The maximum absolute atomic E-state index is 12.7. The summed E-state index contributed by atoms with van der Waals surface area (Å²) < 4.78 is 5.58. The maximum Gasteiger partial charge on any atom is 0.410 e. The van der Waals surface area contributed by atoms with Crippen LogP contribution in [-0.4, -0.2) is 28.2 Å². The summed E-state index contributed by atoms with van der Waals surface area (Å²) in [6.07, 6.45) is -0.550. The van der Waals surface area contributed by atoms with E-state index in [0.29, 0.717) is 31.1 Å². The summed E-state index contributed by atoms with van der Waals surface area (Å²) in [6.45, 7) is 7.19. The number of ether oxygens (including phenoxy) is 1. The fourth-order valence-corrected chi connectivity index (χ4v) is 5.29. The summed E-state index contributed by atoms with van der Waals surface area (Å²) in [5, 5.41) is 15.7. The van der Waals surface area contributed by atoms with Crippen LogP contribution in [0.2, 0.25) is 5.02 Å². The van der Waals surface area contributed by atoms with Crippen molar-refractivity contribution in [2.75, 3.05) is 11.9 Å². The summed E-state index contributed by atoms with van der Waals surface area (Å²) in [4.78, 5) is 14.4. The third-order valence-corrected chi connectivity index (χ3v) is 7.34. The molecule has 0 saturated carbocycles. The molecule has 0 fully saturated rings. The average Bonchev–Trinajstić information content (AvgIpc) is 2.95. The molecule has 1 unspecified atom stereocenters. The molecule has 40 heavy (non-hydrogen) atoms. The normalized spacial score (nSPS) is 13.9. The number of nitrogens with one attached hydrogen (secondary N) is 1. The Morgan fingerprint density at radius 1 is 0.950 bits per heavy atom. The Kier molecular flexibility index (Phi) is 8.15. The van der Waals surface area contributed by atoms with Crippen molar-refractivity contribution in [3.63, 3.8) is 0 Å². The van der Waals surface area contributed by atoms with E-state index < -0.39 is 11.7 Å². The van der Waals surface area contributed by atoms with E-state index in [2.05, 4.69) is 41.7 Å². The van der Waals surface area contributed by atoms with Crippen LogP contribution in [0.25, 0.3) is 11.1 Å². The first-order valence-electron chi connectivity index (χ1n) is 13.6. The number of aliphatic hydroxyl groups excluding tert-OH is 1. The van der Waals surface area contributed by atoms with E-state index in [1.54, 1.807) is 4.90 Å². The molecule has 0 aromatic heterocycles. The summed E-state index contributed by atoms with van der Waals surface area (Å²) in [5.74, 6) is 0. The monoisotopic (exact) mass is 554 g/mol. The van der Waals surface area contributed by atoms with Gasteiger partial charge in [0.15, 0.2) is 0 Å².